The molecule has 0 saturated heterocycles. The molecule has 1 aliphatic carbocycles. The van der Waals surface area contributed by atoms with Crippen LogP contribution in [-0.4, -0.2) is 23.8 Å². The van der Waals surface area contributed by atoms with Gasteiger partial charge in [-0.15, -0.1) is 6.58 Å². The van der Waals surface area contributed by atoms with Gasteiger partial charge in [-0.1, -0.05) is 37.6 Å². The molecule has 0 bridgehead atoms. The fourth-order valence-electron chi connectivity index (χ4n) is 5.52. The molecular formula is C34H36F4O4. The molecule has 1 unspecified atom stereocenters. The van der Waals surface area contributed by atoms with Gasteiger partial charge in [0, 0.05) is 5.56 Å². The van der Waals surface area contributed by atoms with Crippen molar-refractivity contribution in [1.82, 2.24) is 0 Å². The lowest BCUT2D eigenvalue weighted by Crippen LogP contribution is -2.25. The molecule has 0 heterocycles. The number of rotatable bonds is 12. The molecule has 8 heteroatoms. The summed E-state index contributed by atoms with van der Waals surface area (Å²) in [6.45, 7) is 5.84. The van der Waals surface area contributed by atoms with Crippen LogP contribution in [0.5, 0.6) is 11.5 Å². The molecule has 1 saturated carbocycles. The number of ether oxygens (including phenoxy) is 2. The Kier molecular flexibility index (Phi) is 10.8. The van der Waals surface area contributed by atoms with Crippen LogP contribution in [0.15, 0.2) is 61.2 Å². The minimum absolute atomic E-state index is 0.0126. The Bertz CT molecular complexity index is 1380. The van der Waals surface area contributed by atoms with Crippen molar-refractivity contribution in [2.45, 2.75) is 70.3 Å². The molecule has 1 aliphatic rings. The number of aliphatic hydroxyl groups excluding tert-OH is 1. The molecule has 42 heavy (non-hydrogen) atoms. The van der Waals surface area contributed by atoms with Gasteiger partial charge in [-0.2, -0.15) is 4.39 Å². The topological polar surface area (TPSA) is 55.8 Å². The SMILES string of the molecule is C=CCCCOc1ccc(-c2ccc(OC(=O)c3ccc(C4CCC(C(O)CCC)CC4)c(F)c3F)cc2)c(F)c1F. The average molecular weight is 585 g/mol. The molecule has 0 aromatic heterocycles. The molecule has 3 aromatic carbocycles. The van der Waals surface area contributed by atoms with Crippen molar-refractivity contribution < 1.29 is 36.9 Å². The van der Waals surface area contributed by atoms with Crippen LogP contribution in [0.2, 0.25) is 0 Å². The Labute approximate surface area is 244 Å². The van der Waals surface area contributed by atoms with Crippen molar-refractivity contribution in [3.63, 3.8) is 0 Å². The summed E-state index contributed by atoms with van der Waals surface area (Å²) in [7, 11) is 0. The van der Waals surface area contributed by atoms with Gasteiger partial charge in [0.2, 0.25) is 5.82 Å². The summed E-state index contributed by atoms with van der Waals surface area (Å²) < 4.78 is 69.9. The first kappa shape index (κ1) is 31.3. The summed E-state index contributed by atoms with van der Waals surface area (Å²) in [5, 5.41) is 10.3. The standard InChI is InChI=1S/C34H36F4O4/c1-3-5-6-20-41-29-19-18-26(31(36)33(29)38)22-12-14-24(15-13-22)42-34(40)27-17-16-25(30(35)32(27)37)21-8-10-23(11-9-21)28(39)7-4-2/h3,12-19,21,23,28,39H,1,4-11,20H2,2H3. The van der Waals surface area contributed by atoms with E-state index in [1.807, 2.05) is 6.92 Å². The van der Waals surface area contributed by atoms with E-state index in [-0.39, 0.29) is 47.2 Å². The summed E-state index contributed by atoms with van der Waals surface area (Å²) in [5.74, 6) is -5.79. The van der Waals surface area contributed by atoms with Gasteiger partial charge in [0.25, 0.3) is 0 Å². The van der Waals surface area contributed by atoms with Gasteiger partial charge in [-0.25, -0.2) is 18.0 Å². The van der Waals surface area contributed by atoms with Gasteiger partial charge in [0.05, 0.1) is 18.3 Å². The zero-order valence-electron chi connectivity index (χ0n) is 23.7. The number of benzene rings is 3. The third kappa shape index (κ3) is 7.21. The van der Waals surface area contributed by atoms with E-state index in [1.165, 1.54) is 48.5 Å². The Morgan fingerprint density at radius 2 is 1.67 bits per heavy atom. The molecule has 3 aromatic rings. The first-order valence-electron chi connectivity index (χ1n) is 14.4. The highest BCUT2D eigenvalue weighted by Gasteiger charge is 2.30. The molecule has 0 spiro atoms. The summed E-state index contributed by atoms with van der Waals surface area (Å²) in [6, 6.07) is 11.0. The van der Waals surface area contributed by atoms with E-state index < -0.39 is 34.8 Å². The van der Waals surface area contributed by atoms with E-state index in [0.29, 0.717) is 31.2 Å². The molecule has 1 atom stereocenters. The number of aliphatic hydroxyl groups is 1. The number of esters is 1. The number of hydrogen-bond acceptors (Lipinski definition) is 4. The predicted octanol–water partition coefficient (Wildman–Crippen LogP) is 8.91. The summed E-state index contributed by atoms with van der Waals surface area (Å²) in [5.41, 5.74) is -0.00667. The number of allylic oxidation sites excluding steroid dienone is 1. The van der Waals surface area contributed by atoms with Crippen LogP contribution in [0, 0.1) is 29.2 Å². The predicted molar refractivity (Wildman–Crippen MR) is 154 cm³/mol. The molecule has 4 rings (SSSR count). The maximum atomic E-state index is 15.1. The first-order valence-corrected chi connectivity index (χ1v) is 14.4. The second-order valence-corrected chi connectivity index (χ2v) is 10.7. The molecule has 4 nitrogen and oxygen atoms in total. The normalized spacial score (nSPS) is 17.5. The highest BCUT2D eigenvalue weighted by Crippen LogP contribution is 2.39. The average Bonchev–Trinajstić information content (AvgIpc) is 2.99. The van der Waals surface area contributed by atoms with Crippen LogP contribution >= 0.6 is 0 Å². The molecule has 0 amide bonds. The Morgan fingerprint density at radius 3 is 2.33 bits per heavy atom. The Morgan fingerprint density at radius 1 is 0.952 bits per heavy atom. The maximum Gasteiger partial charge on any atom is 0.346 e. The van der Waals surface area contributed by atoms with Gasteiger partial charge >= 0.3 is 5.97 Å². The second kappa shape index (κ2) is 14.5. The number of unbranched alkanes of at least 4 members (excludes halogenated alkanes) is 1. The first-order chi connectivity index (χ1) is 20.2. The highest BCUT2D eigenvalue weighted by molar-refractivity contribution is 5.91. The van der Waals surface area contributed by atoms with Crippen LogP contribution < -0.4 is 9.47 Å². The van der Waals surface area contributed by atoms with Gasteiger partial charge in [-0.05, 0) is 98.2 Å². The van der Waals surface area contributed by atoms with Crippen LogP contribution in [0.1, 0.15) is 80.1 Å². The van der Waals surface area contributed by atoms with Gasteiger partial charge in [0.1, 0.15) is 5.75 Å². The summed E-state index contributed by atoms with van der Waals surface area (Å²) in [4.78, 5) is 12.7. The lowest BCUT2D eigenvalue weighted by Gasteiger charge is -2.32. The van der Waals surface area contributed by atoms with E-state index in [1.54, 1.807) is 6.08 Å². The zero-order chi connectivity index (χ0) is 30.2. The fraction of sp³-hybridized carbons (Fsp3) is 0.382. The summed E-state index contributed by atoms with van der Waals surface area (Å²) >= 11 is 0. The smallest absolute Gasteiger partial charge is 0.346 e. The van der Waals surface area contributed by atoms with Crippen LogP contribution in [-0.2, 0) is 0 Å². The largest absolute Gasteiger partial charge is 0.490 e. The maximum absolute atomic E-state index is 15.1. The molecule has 224 valence electrons. The van der Waals surface area contributed by atoms with E-state index in [2.05, 4.69) is 6.58 Å². The number of hydrogen-bond donors (Lipinski definition) is 1. The quantitative estimate of drug-likeness (QED) is 0.0759. The second-order valence-electron chi connectivity index (χ2n) is 10.7. The molecule has 0 aliphatic heterocycles. The molecular weight excluding hydrogens is 548 g/mol. The van der Waals surface area contributed by atoms with Gasteiger partial charge < -0.3 is 14.6 Å². The Hall–Kier alpha value is -3.65. The van der Waals surface area contributed by atoms with Crippen LogP contribution in [0.3, 0.4) is 0 Å². The number of carbonyl (C=O) groups excluding carboxylic acids is 1. The highest BCUT2D eigenvalue weighted by atomic mass is 19.2. The van der Waals surface area contributed by atoms with Crippen LogP contribution in [0.4, 0.5) is 17.6 Å². The molecule has 0 radical (unpaired) electrons. The molecule has 1 N–H and O–H groups in total. The van der Waals surface area contributed by atoms with Gasteiger partial charge in [-0.3, -0.25) is 0 Å². The van der Waals surface area contributed by atoms with E-state index in [4.69, 9.17) is 9.47 Å². The van der Waals surface area contributed by atoms with Crippen molar-refractivity contribution in [2.75, 3.05) is 6.61 Å². The van der Waals surface area contributed by atoms with Crippen molar-refractivity contribution in [3.05, 3.63) is 95.6 Å². The van der Waals surface area contributed by atoms with E-state index >= 15 is 4.39 Å². The molecule has 1 fully saturated rings. The van der Waals surface area contributed by atoms with Crippen molar-refractivity contribution in [3.8, 4) is 22.6 Å². The minimum Gasteiger partial charge on any atom is -0.490 e. The Balaban J connectivity index is 1.40. The van der Waals surface area contributed by atoms with Crippen LogP contribution in [0.25, 0.3) is 11.1 Å². The van der Waals surface area contributed by atoms with Crippen molar-refractivity contribution in [1.29, 1.82) is 0 Å². The van der Waals surface area contributed by atoms with Gasteiger partial charge in [0.15, 0.2) is 23.2 Å². The number of carbonyl (C=O) groups is 1. The van der Waals surface area contributed by atoms with E-state index in [0.717, 1.165) is 25.7 Å². The number of halogens is 4. The lowest BCUT2D eigenvalue weighted by molar-refractivity contribution is 0.0717. The third-order valence-electron chi connectivity index (χ3n) is 7.91. The zero-order valence-corrected chi connectivity index (χ0v) is 23.7. The monoisotopic (exact) mass is 584 g/mol. The van der Waals surface area contributed by atoms with Crippen molar-refractivity contribution in [2.24, 2.45) is 5.92 Å². The third-order valence-corrected chi connectivity index (χ3v) is 7.91. The van der Waals surface area contributed by atoms with E-state index in [9.17, 15) is 23.1 Å². The fourth-order valence-corrected chi connectivity index (χ4v) is 5.52. The summed E-state index contributed by atoms with van der Waals surface area (Å²) in [6.07, 6.45) is 7.01. The minimum atomic E-state index is -1.27. The van der Waals surface area contributed by atoms with Crippen molar-refractivity contribution >= 4 is 5.97 Å². The lowest BCUT2D eigenvalue weighted by atomic mass is 9.76.